The first-order chi connectivity index (χ1) is 6.92. The van der Waals surface area contributed by atoms with Gasteiger partial charge in [-0.25, -0.2) is 9.97 Å². The number of hydrogen-bond donors (Lipinski definition) is 2. The highest BCUT2D eigenvalue weighted by molar-refractivity contribution is 5.36. The third-order valence-electron chi connectivity index (χ3n) is 2.58. The van der Waals surface area contributed by atoms with E-state index in [0.29, 0.717) is 5.82 Å². The van der Waals surface area contributed by atoms with Crippen LogP contribution < -0.4 is 11.1 Å². The Morgan fingerprint density at radius 3 is 2.47 bits per heavy atom. The standard InChI is InChI=1S/C10H19N5/c1-10(2,15(3)4)7-14-9-6-12-8(11)5-13-9/h5-6H,7H2,1-4H3,(H2,11,12)(H,13,14). The van der Waals surface area contributed by atoms with Crippen LogP contribution in [0.2, 0.25) is 0 Å². The van der Waals surface area contributed by atoms with Crippen molar-refractivity contribution in [3.05, 3.63) is 12.4 Å². The molecule has 5 nitrogen and oxygen atoms in total. The smallest absolute Gasteiger partial charge is 0.144 e. The van der Waals surface area contributed by atoms with Gasteiger partial charge in [0, 0.05) is 12.1 Å². The normalized spacial score (nSPS) is 11.8. The summed E-state index contributed by atoms with van der Waals surface area (Å²) in [5, 5.41) is 3.22. The van der Waals surface area contributed by atoms with Crippen molar-refractivity contribution in [2.45, 2.75) is 19.4 Å². The summed E-state index contributed by atoms with van der Waals surface area (Å²) in [4.78, 5) is 10.2. The molecule has 0 aliphatic heterocycles. The molecule has 0 fully saturated rings. The Hall–Kier alpha value is -1.36. The minimum Gasteiger partial charge on any atom is -0.382 e. The predicted molar refractivity (Wildman–Crippen MR) is 62.7 cm³/mol. The van der Waals surface area contributed by atoms with Crippen LogP contribution in [0.1, 0.15) is 13.8 Å². The molecule has 15 heavy (non-hydrogen) atoms. The van der Waals surface area contributed by atoms with Crippen LogP contribution in [0.3, 0.4) is 0 Å². The summed E-state index contributed by atoms with van der Waals surface area (Å²) in [6.07, 6.45) is 3.19. The van der Waals surface area contributed by atoms with Crippen molar-refractivity contribution in [3.8, 4) is 0 Å². The van der Waals surface area contributed by atoms with Crippen LogP contribution in [0.15, 0.2) is 12.4 Å². The molecule has 0 unspecified atom stereocenters. The Bertz CT molecular complexity index is 304. The average Bonchev–Trinajstić information content (AvgIpc) is 2.17. The zero-order chi connectivity index (χ0) is 11.5. The van der Waals surface area contributed by atoms with Crippen molar-refractivity contribution in [2.75, 3.05) is 31.7 Å². The van der Waals surface area contributed by atoms with Gasteiger partial charge in [-0.2, -0.15) is 0 Å². The van der Waals surface area contributed by atoms with Crippen LogP contribution >= 0.6 is 0 Å². The number of nitrogens with zero attached hydrogens (tertiary/aromatic N) is 3. The first kappa shape index (κ1) is 11.7. The number of likely N-dealkylation sites (N-methyl/N-ethyl adjacent to an activating group) is 1. The molecule has 0 radical (unpaired) electrons. The molecule has 0 aliphatic rings. The van der Waals surface area contributed by atoms with Crippen LogP contribution in [0.25, 0.3) is 0 Å². The van der Waals surface area contributed by atoms with E-state index in [4.69, 9.17) is 5.73 Å². The maximum Gasteiger partial charge on any atom is 0.144 e. The van der Waals surface area contributed by atoms with E-state index in [1.165, 1.54) is 0 Å². The fraction of sp³-hybridized carbons (Fsp3) is 0.600. The molecule has 0 saturated carbocycles. The molecule has 0 spiro atoms. The first-order valence-electron chi connectivity index (χ1n) is 4.90. The fourth-order valence-corrected chi connectivity index (χ4v) is 0.894. The molecule has 1 rings (SSSR count). The van der Waals surface area contributed by atoms with Crippen molar-refractivity contribution in [1.29, 1.82) is 0 Å². The topological polar surface area (TPSA) is 67.1 Å². The van der Waals surface area contributed by atoms with Gasteiger partial charge < -0.3 is 16.0 Å². The predicted octanol–water partition coefficient (Wildman–Crippen LogP) is 0.811. The molecule has 1 heterocycles. The molecule has 0 aromatic carbocycles. The summed E-state index contributed by atoms with van der Waals surface area (Å²) in [7, 11) is 4.10. The molecular weight excluding hydrogens is 190 g/mol. The van der Waals surface area contributed by atoms with E-state index in [0.717, 1.165) is 12.4 Å². The zero-order valence-corrected chi connectivity index (χ0v) is 9.78. The molecule has 3 N–H and O–H groups in total. The lowest BCUT2D eigenvalue weighted by Crippen LogP contribution is -2.44. The third kappa shape index (κ3) is 3.36. The SMILES string of the molecule is CN(C)C(C)(C)CNc1cnc(N)cn1. The highest BCUT2D eigenvalue weighted by Gasteiger charge is 2.19. The lowest BCUT2D eigenvalue weighted by atomic mass is 10.0. The van der Waals surface area contributed by atoms with Gasteiger partial charge in [0.15, 0.2) is 0 Å². The van der Waals surface area contributed by atoms with Crippen LogP contribution in [-0.2, 0) is 0 Å². The highest BCUT2D eigenvalue weighted by Crippen LogP contribution is 2.11. The molecule has 1 aromatic rings. The fourth-order valence-electron chi connectivity index (χ4n) is 0.894. The minimum atomic E-state index is 0.0725. The summed E-state index contributed by atoms with van der Waals surface area (Å²) in [5.41, 5.74) is 5.52. The quantitative estimate of drug-likeness (QED) is 0.768. The maximum absolute atomic E-state index is 5.45. The molecule has 84 valence electrons. The number of nitrogens with one attached hydrogen (secondary N) is 1. The van der Waals surface area contributed by atoms with E-state index in [2.05, 4.69) is 48.1 Å². The Morgan fingerprint density at radius 1 is 1.33 bits per heavy atom. The number of nitrogen functional groups attached to an aromatic ring is 1. The van der Waals surface area contributed by atoms with Crippen LogP contribution in [-0.4, -0.2) is 41.0 Å². The number of nitrogens with two attached hydrogens (primary N) is 1. The number of hydrogen-bond acceptors (Lipinski definition) is 5. The molecule has 0 amide bonds. The van der Waals surface area contributed by atoms with Gasteiger partial charge in [0.2, 0.25) is 0 Å². The van der Waals surface area contributed by atoms with E-state index in [9.17, 15) is 0 Å². The zero-order valence-electron chi connectivity index (χ0n) is 9.78. The summed E-state index contributed by atoms with van der Waals surface area (Å²) >= 11 is 0. The van der Waals surface area contributed by atoms with Gasteiger partial charge in [0.1, 0.15) is 11.6 Å². The monoisotopic (exact) mass is 209 g/mol. The molecule has 0 atom stereocenters. The number of aromatic nitrogens is 2. The Balaban J connectivity index is 2.54. The van der Waals surface area contributed by atoms with Gasteiger partial charge in [0.05, 0.1) is 12.4 Å². The van der Waals surface area contributed by atoms with E-state index in [1.54, 1.807) is 12.4 Å². The van der Waals surface area contributed by atoms with Gasteiger partial charge in [-0.05, 0) is 27.9 Å². The van der Waals surface area contributed by atoms with Crippen molar-refractivity contribution in [2.24, 2.45) is 0 Å². The average molecular weight is 209 g/mol. The van der Waals surface area contributed by atoms with E-state index < -0.39 is 0 Å². The molecule has 0 aliphatic carbocycles. The van der Waals surface area contributed by atoms with Gasteiger partial charge in [-0.3, -0.25) is 0 Å². The van der Waals surface area contributed by atoms with Crippen LogP contribution in [0.4, 0.5) is 11.6 Å². The van der Waals surface area contributed by atoms with Gasteiger partial charge >= 0.3 is 0 Å². The third-order valence-corrected chi connectivity index (χ3v) is 2.58. The first-order valence-corrected chi connectivity index (χ1v) is 4.90. The van der Waals surface area contributed by atoms with E-state index >= 15 is 0 Å². The second-order valence-electron chi connectivity index (χ2n) is 4.39. The second kappa shape index (κ2) is 4.44. The highest BCUT2D eigenvalue weighted by atomic mass is 15.2. The second-order valence-corrected chi connectivity index (χ2v) is 4.39. The molecule has 5 heteroatoms. The number of rotatable bonds is 4. The largest absolute Gasteiger partial charge is 0.382 e. The molecule has 1 aromatic heterocycles. The minimum absolute atomic E-state index is 0.0725. The van der Waals surface area contributed by atoms with Crippen LogP contribution in [0, 0.1) is 0 Å². The van der Waals surface area contributed by atoms with Crippen molar-refractivity contribution >= 4 is 11.6 Å². The van der Waals surface area contributed by atoms with E-state index in [-0.39, 0.29) is 5.54 Å². The number of anilines is 2. The summed E-state index contributed by atoms with van der Waals surface area (Å²) in [6, 6.07) is 0. The Labute approximate surface area is 90.7 Å². The van der Waals surface area contributed by atoms with Crippen LogP contribution in [0.5, 0.6) is 0 Å². The Morgan fingerprint density at radius 2 is 2.00 bits per heavy atom. The molecule has 0 bridgehead atoms. The van der Waals surface area contributed by atoms with Crippen molar-refractivity contribution in [1.82, 2.24) is 14.9 Å². The lowest BCUT2D eigenvalue weighted by Gasteiger charge is -2.32. The lowest BCUT2D eigenvalue weighted by molar-refractivity contribution is 0.210. The summed E-state index contributed by atoms with van der Waals surface area (Å²) < 4.78 is 0. The van der Waals surface area contributed by atoms with Crippen molar-refractivity contribution < 1.29 is 0 Å². The summed E-state index contributed by atoms with van der Waals surface area (Å²) in [5.74, 6) is 1.19. The van der Waals surface area contributed by atoms with Crippen molar-refractivity contribution in [3.63, 3.8) is 0 Å². The van der Waals surface area contributed by atoms with E-state index in [1.807, 2.05) is 0 Å². The molecule has 0 saturated heterocycles. The summed E-state index contributed by atoms with van der Waals surface area (Å²) in [6.45, 7) is 5.12. The molecular formula is C10H19N5. The van der Waals surface area contributed by atoms with Gasteiger partial charge in [-0.1, -0.05) is 0 Å². The van der Waals surface area contributed by atoms with Gasteiger partial charge in [0.25, 0.3) is 0 Å². The Kier molecular flexibility index (Phi) is 3.47. The maximum atomic E-state index is 5.45. The van der Waals surface area contributed by atoms with Gasteiger partial charge in [-0.15, -0.1) is 0 Å².